The van der Waals surface area contributed by atoms with Gasteiger partial charge in [-0.25, -0.2) is 4.98 Å². The molecule has 1 N–H and O–H groups in total. The van der Waals surface area contributed by atoms with Crippen molar-refractivity contribution in [2.45, 2.75) is 19.8 Å². The molecule has 0 aromatic carbocycles. The van der Waals surface area contributed by atoms with Gasteiger partial charge in [0.15, 0.2) is 0 Å². The van der Waals surface area contributed by atoms with Crippen LogP contribution in [0, 0.1) is 12.8 Å². The Morgan fingerprint density at radius 2 is 2.15 bits per heavy atom. The number of fused-ring (bicyclic) bond motifs is 1. The van der Waals surface area contributed by atoms with E-state index in [0.717, 1.165) is 69.1 Å². The molecule has 0 unspecified atom stereocenters. The van der Waals surface area contributed by atoms with Crippen molar-refractivity contribution in [2.24, 2.45) is 5.92 Å². The molecular weight excluding hydrogens is 348 g/mol. The number of carbonyl (C=O) groups excluding carboxylic acids is 1. The predicted octanol–water partition coefficient (Wildman–Crippen LogP) is 0.591. The van der Waals surface area contributed by atoms with Gasteiger partial charge >= 0.3 is 0 Å². The highest BCUT2D eigenvalue weighted by molar-refractivity contribution is 5.88. The highest BCUT2D eigenvalue weighted by atomic mass is 16.5. The van der Waals surface area contributed by atoms with E-state index in [0.29, 0.717) is 18.8 Å². The summed E-state index contributed by atoms with van der Waals surface area (Å²) in [6.45, 7) is 8.40. The summed E-state index contributed by atoms with van der Waals surface area (Å²) in [5, 5.41) is 7.94. The van der Waals surface area contributed by atoms with Crippen LogP contribution in [0.3, 0.4) is 0 Å². The maximum Gasteiger partial charge on any atom is 0.263 e. The molecule has 1 atom stereocenters. The minimum absolute atomic E-state index is 0.0337. The highest BCUT2D eigenvalue weighted by Crippen LogP contribution is 2.29. The highest BCUT2D eigenvalue weighted by Gasteiger charge is 2.28. The molecule has 2 aliphatic heterocycles. The van der Waals surface area contributed by atoms with E-state index in [1.165, 1.54) is 6.33 Å². The SMILES string of the molecule is Cc1noc2ncnc(N3CCC[C@@H](C(=O)NCCN4CCOCC4)C3)c12. The van der Waals surface area contributed by atoms with Crippen molar-refractivity contribution in [3.8, 4) is 0 Å². The monoisotopic (exact) mass is 374 g/mol. The van der Waals surface area contributed by atoms with Crippen LogP contribution in [0.5, 0.6) is 0 Å². The molecule has 9 heteroatoms. The van der Waals surface area contributed by atoms with E-state index in [1.54, 1.807) is 0 Å². The number of nitrogens with zero attached hydrogens (tertiary/aromatic N) is 5. The molecular formula is C18H26N6O3. The largest absolute Gasteiger partial charge is 0.379 e. The van der Waals surface area contributed by atoms with Gasteiger partial charge in [-0.2, -0.15) is 4.98 Å². The average molecular weight is 374 g/mol. The van der Waals surface area contributed by atoms with Crippen LogP contribution < -0.4 is 10.2 Å². The quantitative estimate of drug-likeness (QED) is 0.812. The van der Waals surface area contributed by atoms with Crippen molar-refractivity contribution in [2.75, 3.05) is 57.4 Å². The summed E-state index contributed by atoms with van der Waals surface area (Å²) in [7, 11) is 0. The molecule has 0 saturated carbocycles. The van der Waals surface area contributed by atoms with Gasteiger partial charge in [-0.15, -0.1) is 0 Å². The lowest BCUT2D eigenvalue weighted by atomic mass is 9.97. The van der Waals surface area contributed by atoms with Gasteiger partial charge in [-0.1, -0.05) is 5.16 Å². The maximum absolute atomic E-state index is 12.7. The number of nitrogens with one attached hydrogen (secondary N) is 1. The third kappa shape index (κ3) is 4.03. The first-order valence-corrected chi connectivity index (χ1v) is 9.62. The number of morpholine rings is 1. The summed E-state index contributed by atoms with van der Waals surface area (Å²) in [6.07, 6.45) is 3.35. The van der Waals surface area contributed by atoms with Gasteiger partial charge in [0.25, 0.3) is 5.71 Å². The molecule has 2 aromatic heterocycles. The molecule has 4 heterocycles. The van der Waals surface area contributed by atoms with Crippen molar-refractivity contribution in [3.63, 3.8) is 0 Å². The fraction of sp³-hybridized carbons (Fsp3) is 0.667. The Hall–Kier alpha value is -2.26. The second-order valence-electron chi connectivity index (χ2n) is 7.18. The normalized spacial score (nSPS) is 21.5. The Bertz CT molecular complexity index is 788. The average Bonchev–Trinajstić information content (AvgIpc) is 3.10. The zero-order valence-corrected chi connectivity index (χ0v) is 15.7. The molecule has 146 valence electrons. The number of piperidine rings is 1. The molecule has 9 nitrogen and oxygen atoms in total. The molecule has 0 radical (unpaired) electrons. The molecule has 2 fully saturated rings. The number of carbonyl (C=O) groups is 1. The summed E-state index contributed by atoms with van der Waals surface area (Å²) in [6, 6.07) is 0. The minimum Gasteiger partial charge on any atom is -0.379 e. The van der Waals surface area contributed by atoms with Gasteiger partial charge in [-0.05, 0) is 19.8 Å². The van der Waals surface area contributed by atoms with Gasteiger partial charge in [-0.3, -0.25) is 9.69 Å². The first kappa shape index (κ1) is 18.1. The molecule has 0 spiro atoms. The predicted molar refractivity (Wildman–Crippen MR) is 99.5 cm³/mol. The van der Waals surface area contributed by atoms with Crippen LogP contribution in [0.25, 0.3) is 11.1 Å². The third-order valence-electron chi connectivity index (χ3n) is 5.35. The standard InChI is InChI=1S/C18H26N6O3/c1-13-15-16(20-12-21-18(15)27-22-13)24-5-2-3-14(11-24)17(25)19-4-6-23-7-9-26-10-8-23/h12,14H,2-11H2,1H3,(H,19,25)/t14-/m1/s1. The van der Waals surface area contributed by atoms with Crippen LogP contribution in [0.4, 0.5) is 5.82 Å². The maximum atomic E-state index is 12.7. The molecule has 0 bridgehead atoms. The lowest BCUT2D eigenvalue weighted by Gasteiger charge is -2.33. The van der Waals surface area contributed by atoms with Gasteiger partial charge in [0.05, 0.1) is 24.8 Å². The molecule has 2 aliphatic rings. The van der Waals surface area contributed by atoms with E-state index >= 15 is 0 Å². The number of amides is 1. The summed E-state index contributed by atoms with van der Waals surface area (Å²) < 4.78 is 10.6. The van der Waals surface area contributed by atoms with Gasteiger partial charge in [0, 0.05) is 39.3 Å². The Balaban J connectivity index is 1.36. The summed E-state index contributed by atoms with van der Waals surface area (Å²) in [4.78, 5) is 25.7. The lowest BCUT2D eigenvalue weighted by molar-refractivity contribution is -0.125. The molecule has 4 rings (SSSR count). The van der Waals surface area contributed by atoms with Crippen molar-refractivity contribution in [3.05, 3.63) is 12.0 Å². The zero-order chi connectivity index (χ0) is 18.6. The molecule has 27 heavy (non-hydrogen) atoms. The van der Waals surface area contributed by atoms with Gasteiger partial charge < -0.3 is 19.5 Å². The van der Waals surface area contributed by atoms with E-state index < -0.39 is 0 Å². The molecule has 2 saturated heterocycles. The van der Waals surface area contributed by atoms with E-state index in [4.69, 9.17) is 9.26 Å². The van der Waals surface area contributed by atoms with Crippen molar-refractivity contribution in [1.82, 2.24) is 25.3 Å². The lowest BCUT2D eigenvalue weighted by Crippen LogP contribution is -2.46. The number of hydrogen-bond donors (Lipinski definition) is 1. The fourth-order valence-electron chi connectivity index (χ4n) is 3.83. The van der Waals surface area contributed by atoms with E-state index in [-0.39, 0.29) is 11.8 Å². The van der Waals surface area contributed by atoms with E-state index in [9.17, 15) is 4.79 Å². The second-order valence-corrected chi connectivity index (χ2v) is 7.18. The Morgan fingerprint density at radius 3 is 3.00 bits per heavy atom. The van der Waals surface area contributed by atoms with Crippen molar-refractivity contribution < 1.29 is 14.1 Å². The number of hydrogen-bond acceptors (Lipinski definition) is 8. The third-order valence-corrected chi connectivity index (χ3v) is 5.35. The Morgan fingerprint density at radius 1 is 1.30 bits per heavy atom. The number of rotatable bonds is 5. The van der Waals surface area contributed by atoms with Crippen LogP contribution in [0.1, 0.15) is 18.5 Å². The van der Waals surface area contributed by atoms with Gasteiger partial charge in [0.1, 0.15) is 17.5 Å². The van der Waals surface area contributed by atoms with Crippen LogP contribution in [0.15, 0.2) is 10.9 Å². The first-order chi connectivity index (χ1) is 13.2. The smallest absolute Gasteiger partial charge is 0.263 e. The van der Waals surface area contributed by atoms with Crippen LogP contribution in [-0.2, 0) is 9.53 Å². The molecule has 1 amide bonds. The Kier molecular flexibility index (Phi) is 5.49. The number of ether oxygens (including phenoxy) is 1. The van der Waals surface area contributed by atoms with Crippen LogP contribution >= 0.6 is 0 Å². The topological polar surface area (TPSA) is 96.6 Å². The van der Waals surface area contributed by atoms with Crippen LogP contribution in [0.2, 0.25) is 0 Å². The second kappa shape index (κ2) is 8.18. The number of aromatic nitrogens is 3. The molecule has 0 aliphatic carbocycles. The number of anilines is 1. The first-order valence-electron chi connectivity index (χ1n) is 9.62. The van der Waals surface area contributed by atoms with Crippen molar-refractivity contribution >= 4 is 22.8 Å². The summed E-state index contributed by atoms with van der Waals surface area (Å²) >= 11 is 0. The minimum atomic E-state index is -0.0337. The Labute approximate surface area is 158 Å². The van der Waals surface area contributed by atoms with Gasteiger partial charge in [0.2, 0.25) is 5.91 Å². The number of aryl methyl sites for hydroxylation is 1. The summed E-state index contributed by atoms with van der Waals surface area (Å²) in [5.74, 6) is 0.901. The summed E-state index contributed by atoms with van der Waals surface area (Å²) in [5.41, 5.74) is 1.27. The van der Waals surface area contributed by atoms with E-state index in [1.807, 2.05) is 6.92 Å². The van der Waals surface area contributed by atoms with E-state index in [2.05, 4.69) is 30.2 Å². The van der Waals surface area contributed by atoms with Crippen LogP contribution in [-0.4, -0.2) is 78.4 Å². The molecule has 2 aromatic rings. The van der Waals surface area contributed by atoms with Crippen molar-refractivity contribution in [1.29, 1.82) is 0 Å². The fourth-order valence-corrected chi connectivity index (χ4v) is 3.83. The zero-order valence-electron chi connectivity index (χ0n) is 15.7.